The van der Waals surface area contributed by atoms with Gasteiger partial charge in [0.05, 0.1) is 11.9 Å². The molecule has 6 heteroatoms. The first-order chi connectivity index (χ1) is 8.13. The van der Waals surface area contributed by atoms with Gasteiger partial charge in [-0.3, -0.25) is 4.79 Å². The van der Waals surface area contributed by atoms with Gasteiger partial charge in [0.15, 0.2) is 0 Å². The number of nitrogens with zero attached hydrogens (tertiary/aromatic N) is 3. The summed E-state index contributed by atoms with van der Waals surface area (Å²) < 4.78 is 1.36. The molecule has 1 aromatic rings. The Kier molecular flexibility index (Phi) is 3.69. The summed E-state index contributed by atoms with van der Waals surface area (Å²) in [6, 6.07) is 0.147. The van der Waals surface area contributed by atoms with Crippen LogP contribution in [0, 0.1) is 0 Å². The molecule has 0 radical (unpaired) electrons. The highest BCUT2D eigenvalue weighted by Crippen LogP contribution is 2.23. The molecule has 1 saturated heterocycles. The second-order valence-electron chi connectivity index (χ2n) is 4.31. The van der Waals surface area contributed by atoms with E-state index in [0.29, 0.717) is 12.2 Å². The molecule has 0 aromatic carbocycles. The monoisotopic (exact) mass is 256 g/mol. The number of rotatable bonds is 2. The Bertz CT molecular complexity index is 459. The van der Waals surface area contributed by atoms with E-state index in [4.69, 9.17) is 17.3 Å². The fourth-order valence-electron chi connectivity index (χ4n) is 2.13. The summed E-state index contributed by atoms with van der Waals surface area (Å²) in [6.45, 7) is 4.00. The molecule has 1 atom stereocenters. The Morgan fingerprint density at radius 1 is 1.65 bits per heavy atom. The van der Waals surface area contributed by atoms with E-state index in [1.165, 1.54) is 4.68 Å². The van der Waals surface area contributed by atoms with Gasteiger partial charge < -0.3 is 10.6 Å². The molecule has 0 spiro atoms. The van der Waals surface area contributed by atoms with Crippen molar-refractivity contribution in [2.75, 3.05) is 18.0 Å². The highest BCUT2D eigenvalue weighted by atomic mass is 35.5. The highest BCUT2D eigenvalue weighted by Gasteiger charge is 2.20. The van der Waals surface area contributed by atoms with E-state index in [-0.39, 0.29) is 16.6 Å². The van der Waals surface area contributed by atoms with Crippen LogP contribution in [0.2, 0.25) is 5.02 Å². The third-order valence-corrected chi connectivity index (χ3v) is 3.42. The number of hydrogen-bond donors (Lipinski definition) is 1. The number of aromatic nitrogens is 2. The van der Waals surface area contributed by atoms with Gasteiger partial charge in [-0.05, 0) is 19.8 Å². The molecule has 0 saturated carbocycles. The van der Waals surface area contributed by atoms with Crippen molar-refractivity contribution in [3.63, 3.8) is 0 Å². The van der Waals surface area contributed by atoms with Gasteiger partial charge in [0.2, 0.25) is 0 Å². The second kappa shape index (κ2) is 5.06. The fourth-order valence-corrected chi connectivity index (χ4v) is 2.40. The Morgan fingerprint density at radius 2 is 2.41 bits per heavy atom. The Labute approximate surface area is 105 Å². The summed E-state index contributed by atoms with van der Waals surface area (Å²) >= 11 is 6.10. The maximum atomic E-state index is 11.9. The molecule has 1 aliphatic heterocycles. The number of hydrogen-bond acceptors (Lipinski definition) is 4. The lowest BCUT2D eigenvalue weighted by atomic mass is 10.1. The Hall–Kier alpha value is -1.07. The van der Waals surface area contributed by atoms with Crippen LogP contribution in [0.25, 0.3) is 0 Å². The summed E-state index contributed by atoms with van der Waals surface area (Å²) in [7, 11) is 0. The van der Waals surface area contributed by atoms with Crippen molar-refractivity contribution >= 4 is 17.3 Å². The predicted octanol–water partition coefficient (Wildman–Crippen LogP) is 0.844. The summed E-state index contributed by atoms with van der Waals surface area (Å²) in [5, 5.41) is 4.34. The normalized spacial score (nSPS) is 20.6. The van der Waals surface area contributed by atoms with E-state index in [1.807, 2.05) is 11.8 Å². The zero-order chi connectivity index (χ0) is 12.4. The van der Waals surface area contributed by atoms with Crippen LogP contribution in [0.1, 0.15) is 19.8 Å². The molecule has 0 aliphatic carbocycles. The van der Waals surface area contributed by atoms with E-state index < -0.39 is 0 Å². The van der Waals surface area contributed by atoms with E-state index >= 15 is 0 Å². The van der Waals surface area contributed by atoms with Gasteiger partial charge in [0, 0.05) is 25.7 Å². The zero-order valence-corrected chi connectivity index (χ0v) is 10.7. The Morgan fingerprint density at radius 3 is 3.06 bits per heavy atom. The molecule has 2 N–H and O–H groups in total. The first-order valence-electron chi connectivity index (χ1n) is 5.89. The molecular formula is C11H17ClN4O. The van der Waals surface area contributed by atoms with Gasteiger partial charge in [-0.25, -0.2) is 4.68 Å². The van der Waals surface area contributed by atoms with Gasteiger partial charge in [0.1, 0.15) is 5.02 Å². The molecule has 0 bridgehead atoms. The summed E-state index contributed by atoms with van der Waals surface area (Å²) in [5.74, 6) is 0. The molecule has 1 aliphatic rings. The van der Waals surface area contributed by atoms with E-state index in [1.54, 1.807) is 6.20 Å². The van der Waals surface area contributed by atoms with Crippen LogP contribution < -0.4 is 16.2 Å². The zero-order valence-electron chi connectivity index (χ0n) is 9.90. The van der Waals surface area contributed by atoms with Gasteiger partial charge in [-0.15, -0.1) is 0 Å². The van der Waals surface area contributed by atoms with Crippen LogP contribution in [-0.4, -0.2) is 28.9 Å². The van der Waals surface area contributed by atoms with E-state index in [9.17, 15) is 4.79 Å². The fraction of sp³-hybridized carbons (Fsp3) is 0.636. The van der Waals surface area contributed by atoms with Crippen molar-refractivity contribution in [3.8, 4) is 0 Å². The molecule has 17 heavy (non-hydrogen) atoms. The SMILES string of the molecule is CCn1ncc(N2CCCC(N)C2)c(Cl)c1=O. The van der Waals surface area contributed by atoms with E-state index in [2.05, 4.69) is 5.10 Å². The smallest absolute Gasteiger partial charge is 0.287 e. The van der Waals surface area contributed by atoms with Crippen molar-refractivity contribution in [3.05, 3.63) is 21.6 Å². The van der Waals surface area contributed by atoms with Gasteiger partial charge >= 0.3 is 0 Å². The summed E-state index contributed by atoms with van der Waals surface area (Å²) in [4.78, 5) is 13.9. The molecule has 1 unspecified atom stereocenters. The van der Waals surface area contributed by atoms with Crippen molar-refractivity contribution in [2.24, 2.45) is 5.73 Å². The quantitative estimate of drug-likeness (QED) is 0.852. The number of piperidine rings is 1. The first kappa shape index (κ1) is 12.4. The largest absolute Gasteiger partial charge is 0.367 e. The first-order valence-corrected chi connectivity index (χ1v) is 6.27. The Balaban J connectivity index is 2.33. The summed E-state index contributed by atoms with van der Waals surface area (Å²) in [5.41, 5.74) is 6.39. The van der Waals surface area contributed by atoms with Crippen LogP contribution in [0.3, 0.4) is 0 Å². The van der Waals surface area contributed by atoms with Crippen LogP contribution in [0.15, 0.2) is 11.0 Å². The maximum Gasteiger partial charge on any atom is 0.287 e. The van der Waals surface area contributed by atoms with E-state index in [0.717, 1.165) is 25.9 Å². The van der Waals surface area contributed by atoms with Crippen molar-refractivity contribution in [1.29, 1.82) is 0 Å². The number of nitrogens with two attached hydrogens (primary N) is 1. The van der Waals surface area contributed by atoms with Crippen LogP contribution in [0.4, 0.5) is 5.69 Å². The molecule has 5 nitrogen and oxygen atoms in total. The summed E-state index contributed by atoms with van der Waals surface area (Å²) in [6.07, 6.45) is 3.70. The lowest BCUT2D eigenvalue weighted by Crippen LogP contribution is -2.43. The number of anilines is 1. The van der Waals surface area contributed by atoms with Gasteiger partial charge in [-0.1, -0.05) is 11.6 Å². The van der Waals surface area contributed by atoms with Crippen molar-refractivity contribution in [2.45, 2.75) is 32.4 Å². The van der Waals surface area contributed by atoms with Crippen LogP contribution in [-0.2, 0) is 6.54 Å². The lowest BCUT2D eigenvalue weighted by Gasteiger charge is -2.32. The standard InChI is InChI=1S/C11H17ClN4O/c1-2-16-11(17)10(12)9(6-14-16)15-5-3-4-8(13)7-15/h6,8H,2-5,7,13H2,1H3. The molecular weight excluding hydrogens is 240 g/mol. The predicted molar refractivity (Wildman–Crippen MR) is 68.6 cm³/mol. The number of halogens is 1. The van der Waals surface area contributed by atoms with Gasteiger partial charge in [-0.2, -0.15) is 5.10 Å². The third kappa shape index (κ3) is 2.45. The molecule has 94 valence electrons. The molecule has 1 fully saturated rings. The van der Waals surface area contributed by atoms with Crippen molar-refractivity contribution in [1.82, 2.24) is 9.78 Å². The molecule has 2 heterocycles. The lowest BCUT2D eigenvalue weighted by molar-refractivity contribution is 0.503. The van der Waals surface area contributed by atoms with Crippen molar-refractivity contribution < 1.29 is 0 Å². The average Bonchev–Trinajstić information content (AvgIpc) is 2.32. The minimum Gasteiger partial charge on any atom is -0.367 e. The molecule has 1 aromatic heterocycles. The third-order valence-electron chi connectivity index (χ3n) is 3.06. The van der Waals surface area contributed by atoms with Gasteiger partial charge in [0.25, 0.3) is 5.56 Å². The molecule has 0 amide bonds. The average molecular weight is 257 g/mol. The van der Waals surface area contributed by atoms with Crippen LogP contribution in [0.5, 0.6) is 0 Å². The minimum absolute atomic E-state index is 0.147. The highest BCUT2D eigenvalue weighted by molar-refractivity contribution is 6.33. The minimum atomic E-state index is -0.231. The number of aryl methyl sites for hydroxylation is 1. The maximum absolute atomic E-state index is 11.9. The topological polar surface area (TPSA) is 64.2 Å². The van der Waals surface area contributed by atoms with Crippen LogP contribution >= 0.6 is 11.6 Å². The molecule has 2 rings (SSSR count). The second-order valence-corrected chi connectivity index (χ2v) is 4.69.